The van der Waals surface area contributed by atoms with Crippen molar-refractivity contribution in [2.75, 3.05) is 59.5 Å². The number of hydrogen-bond donors (Lipinski definition) is 29. The molecular weight excluding hydrogens is 1690 g/mol. The average Bonchev–Trinajstić information content (AvgIpc) is 0.764. The third-order valence-electron chi connectivity index (χ3n) is 21.4. The van der Waals surface area contributed by atoms with E-state index in [0.717, 1.165) is 41.5 Å². The molecule has 45 atom stereocenters. The molecule has 56 heteroatoms. The molecule has 29 N–H and O–H groups in total. The molecule has 0 bridgehead atoms. The first kappa shape index (κ1) is 101. The van der Waals surface area contributed by atoms with E-state index in [4.69, 9.17) is 80.5 Å². The van der Waals surface area contributed by atoms with E-state index >= 15 is 0 Å². The van der Waals surface area contributed by atoms with Gasteiger partial charge in [0.2, 0.25) is 35.4 Å². The highest BCUT2D eigenvalue weighted by Gasteiger charge is 2.62. The number of carbonyl (C=O) groups excluding carboxylic acids is 6. The van der Waals surface area contributed by atoms with Crippen LogP contribution in [-0.4, -0.2) is 496 Å². The summed E-state index contributed by atoms with van der Waals surface area (Å²) >= 11 is 0. The van der Waals surface area contributed by atoms with E-state index in [1.54, 1.807) is 0 Å². The maximum atomic E-state index is 13.1. The third-order valence-corrected chi connectivity index (χ3v) is 21.8. The quantitative estimate of drug-likeness (QED) is 0.0271. The second-order valence-corrected chi connectivity index (χ2v) is 31.2. The molecule has 9 fully saturated rings. The minimum absolute atomic E-state index is 0.804. The maximum absolute atomic E-state index is 13.1. The Labute approximate surface area is 691 Å². The summed E-state index contributed by atoms with van der Waals surface area (Å²) in [6.07, 6.45) is -83.4. The van der Waals surface area contributed by atoms with Crippen LogP contribution in [0.15, 0.2) is 0 Å². The summed E-state index contributed by atoms with van der Waals surface area (Å²) < 4.78 is 140. The normalized spacial score (nSPS) is 45.9. The fourth-order valence-electron chi connectivity index (χ4n) is 15.5. The predicted octanol–water partition coefficient (Wildman–Crippen LogP) is -19.9. The van der Waals surface area contributed by atoms with Crippen LogP contribution < -0.4 is 31.9 Å². The van der Waals surface area contributed by atoms with Crippen molar-refractivity contribution in [2.24, 2.45) is 0 Å². The fraction of sp³-hybridized carbons (Fsp3) is 0.909. The zero-order valence-electron chi connectivity index (χ0n) is 65.7. The third kappa shape index (κ3) is 23.4. The summed E-state index contributed by atoms with van der Waals surface area (Å²) in [5.74, 6) is -5.52. The zero-order chi connectivity index (χ0) is 90.3. The summed E-state index contributed by atoms with van der Waals surface area (Å²) in [6, 6.07) is -11.2. The Morgan fingerprint density at radius 2 is 0.500 bits per heavy atom. The van der Waals surface area contributed by atoms with Gasteiger partial charge >= 0.3 is 10.4 Å². The number of aliphatic hydroxyl groups excluding tert-OH is 22. The SMILES string of the molecule is CC(=O)N[C@@H]1[C@@H](O)[C@H](O[C@@H]2O[C@H](CO)[C@@H](O[C@@H]3O[C@H](CO[C@H]4O[C@H](CO)[C@@H](O)[C@H](O)[C@@H]4O[C@@H]4O[C@H](CO)[C@@H](O[C@@H]5O[C@H](CO)[C@H](O)[C@H](O)[C@H]5NC(C)=O)[C@H](O)[C@H]4NC(C)=O)[C@@H](O)[C@H](O[C@H]4O[C@H](CO)[C@@H](O)[C@H](O)[C@@H]4O[C@@H]4O[C@H](CO)[C@@H](O[C@@H]5O[C@H](CO)[C@H](OS(=O)(=O)O)[C@H](O)[C@H]5NC(C)=O)[C@H](O)[C@H]4NC(C)=O)[C@@H]3O)[C@H](O)[C@H]2NC(C)=O)[C@@H](CO)O[C@H]1O. The molecule has 6 amide bonds. The van der Waals surface area contributed by atoms with Gasteiger partial charge in [-0.15, -0.1) is 0 Å². The molecule has 9 saturated heterocycles. The highest BCUT2D eigenvalue weighted by Crippen LogP contribution is 2.40. The highest BCUT2D eigenvalue weighted by atomic mass is 32.3. The van der Waals surface area contributed by atoms with Gasteiger partial charge < -0.3 is 225 Å². The number of rotatable bonds is 33. The van der Waals surface area contributed by atoms with Crippen LogP contribution in [0.1, 0.15) is 41.5 Å². The average molecular weight is 1800 g/mol. The Bertz CT molecular complexity index is 3510. The molecule has 9 aliphatic rings. The molecule has 0 radical (unpaired) electrons. The topological polar surface area (TPSA) is 840 Å². The molecule has 0 unspecified atom stereocenters. The van der Waals surface area contributed by atoms with Crippen molar-refractivity contribution in [3.05, 3.63) is 0 Å². The largest absolute Gasteiger partial charge is 0.397 e. The predicted molar refractivity (Wildman–Crippen MR) is 377 cm³/mol. The lowest BCUT2D eigenvalue weighted by molar-refractivity contribution is -0.398. The Kier molecular flexibility index (Phi) is 36.4. The van der Waals surface area contributed by atoms with Gasteiger partial charge in [0.25, 0.3) is 0 Å². The molecular formula is C66H110N6O49S. The minimum atomic E-state index is -5.44. The summed E-state index contributed by atoms with van der Waals surface area (Å²) in [6.45, 7) is -4.73. The van der Waals surface area contributed by atoms with Crippen LogP contribution in [0.3, 0.4) is 0 Å². The molecule has 9 aliphatic heterocycles. The van der Waals surface area contributed by atoms with Crippen LogP contribution >= 0.6 is 0 Å². The van der Waals surface area contributed by atoms with E-state index in [2.05, 4.69) is 36.1 Å². The first-order valence-corrected chi connectivity index (χ1v) is 39.6. The molecule has 0 aliphatic carbocycles. The second kappa shape index (κ2) is 44.0. The van der Waals surface area contributed by atoms with Crippen LogP contribution in [0.25, 0.3) is 0 Å². The number of aliphatic hydroxyl groups is 22. The molecule has 9 heterocycles. The first-order chi connectivity index (χ1) is 57.5. The number of ether oxygens (including phenoxy) is 17. The first-order valence-electron chi connectivity index (χ1n) is 38.3. The van der Waals surface area contributed by atoms with Crippen LogP contribution in [0, 0.1) is 0 Å². The van der Waals surface area contributed by atoms with Crippen molar-refractivity contribution < 1.29 is 239 Å². The lowest BCUT2D eigenvalue weighted by Crippen LogP contribution is -2.71. The Hall–Kier alpha value is -4.87. The summed E-state index contributed by atoms with van der Waals surface area (Å²) in [5, 5.41) is 263. The zero-order valence-corrected chi connectivity index (χ0v) is 66.5. The van der Waals surface area contributed by atoms with E-state index in [0.29, 0.717) is 0 Å². The number of carbonyl (C=O) groups is 6. The van der Waals surface area contributed by atoms with Gasteiger partial charge in [0.1, 0.15) is 219 Å². The minimum Gasteiger partial charge on any atom is -0.394 e. The molecule has 122 heavy (non-hydrogen) atoms. The highest BCUT2D eigenvalue weighted by molar-refractivity contribution is 7.80. The smallest absolute Gasteiger partial charge is 0.394 e. The number of hydrogen-bond acceptors (Lipinski definition) is 48. The number of nitrogens with one attached hydrogen (secondary N) is 6. The standard InChI is InChI=1S/C66H110N6O49S/c1-16(81)67-31-42(92)50(25(10-76)105-58(31)100)114-60-33(69-18(3)83)45(95)53(28(13-79)109-60)117-64-49(99)55(118-66-57(48(98)39(89)24(9-75)108-66)120-63-35(71-20(5)85)44(94)52(27(12-78)111-63)116-61-36(72-21(6)86)46(96)54(29(14-80)112-61)121-122(101,102)103)40(90)30(113-64)15-104-65-56(47(97)38(88)23(8-74)107-65)119-62-34(70-19(4)84)43(93)51(26(11-77)110-62)115-59-32(68-17(2)82)41(91)37(87)22(7-73)106-59/h22-66,73-80,87-100H,7-15H2,1-6H3,(H,67,81)(H,68,82)(H,69,83)(H,70,84)(H,71,85)(H,72,86)(H,101,102,103)/t22-,23-,24-,25-,26-,27-,28-,29-,30-,31-,32-,33-,34-,35-,36-,37+,38-,39-,40-,41-,42-,43-,44-,45-,46-,47+,48+,49+,50-,51-,52-,53-,54+,55+,56+,57+,58-,59+,60+,61+,62+,63+,64+,65+,66-/m1/s1. The molecule has 55 nitrogen and oxygen atoms in total. The van der Waals surface area contributed by atoms with Crippen molar-refractivity contribution in [1.29, 1.82) is 0 Å². The lowest BCUT2D eigenvalue weighted by atomic mass is 9.93. The van der Waals surface area contributed by atoms with E-state index < -0.39 is 381 Å². The van der Waals surface area contributed by atoms with Crippen LogP contribution in [-0.2, 0) is 124 Å². The maximum Gasteiger partial charge on any atom is 0.397 e. The molecule has 0 spiro atoms. The fourth-order valence-corrected chi connectivity index (χ4v) is 16.0. The molecule has 0 saturated carbocycles. The molecule has 0 aromatic heterocycles. The van der Waals surface area contributed by atoms with Gasteiger partial charge in [0.05, 0.1) is 59.5 Å². The lowest BCUT2D eigenvalue weighted by Gasteiger charge is -2.51. The molecule has 9 rings (SSSR count). The summed E-state index contributed by atoms with van der Waals surface area (Å²) in [4.78, 5) is 76.2. The van der Waals surface area contributed by atoms with Crippen LogP contribution in [0.5, 0.6) is 0 Å². The van der Waals surface area contributed by atoms with Crippen LogP contribution in [0.2, 0.25) is 0 Å². The Morgan fingerprint density at radius 1 is 0.254 bits per heavy atom. The van der Waals surface area contributed by atoms with Gasteiger partial charge in [0, 0.05) is 41.5 Å². The van der Waals surface area contributed by atoms with Crippen molar-refractivity contribution in [3.63, 3.8) is 0 Å². The van der Waals surface area contributed by atoms with E-state index in [1.165, 1.54) is 0 Å². The van der Waals surface area contributed by atoms with Crippen molar-refractivity contribution >= 4 is 45.8 Å². The monoisotopic (exact) mass is 1800 g/mol. The van der Waals surface area contributed by atoms with Gasteiger partial charge in [-0.25, -0.2) is 4.18 Å². The molecule has 0 aromatic carbocycles. The van der Waals surface area contributed by atoms with Gasteiger partial charge in [0.15, 0.2) is 56.6 Å². The van der Waals surface area contributed by atoms with Gasteiger partial charge in [-0.3, -0.25) is 33.3 Å². The van der Waals surface area contributed by atoms with E-state index in [-0.39, 0.29) is 0 Å². The van der Waals surface area contributed by atoms with Crippen molar-refractivity contribution in [1.82, 2.24) is 31.9 Å². The van der Waals surface area contributed by atoms with Gasteiger partial charge in [-0.2, -0.15) is 8.42 Å². The Morgan fingerprint density at radius 3 is 0.844 bits per heavy atom. The van der Waals surface area contributed by atoms with Gasteiger partial charge in [-0.05, 0) is 0 Å². The molecule has 704 valence electrons. The van der Waals surface area contributed by atoms with E-state index in [1.807, 2.05) is 0 Å². The summed E-state index contributed by atoms with van der Waals surface area (Å²) in [5.41, 5.74) is 0. The Balaban J connectivity index is 1.06. The molecule has 0 aromatic rings. The van der Waals surface area contributed by atoms with Crippen molar-refractivity contribution in [3.8, 4) is 0 Å². The summed E-state index contributed by atoms with van der Waals surface area (Å²) in [7, 11) is -5.44. The number of amides is 6. The van der Waals surface area contributed by atoms with E-state index in [9.17, 15) is 154 Å². The van der Waals surface area contributed by atoms with Crippen LogP contribution in [0.4, 0.5) is 0 Å². The van der Waals surface area contributed by atoms with Gasteiger partial charge in [-0.1, -0.05) is 0 Å². The second-order valence-electron chi connectivity index (χ2n) is 30.1. The van der Waals surface area contributed by atoms with Crippen molar-refractivity contribution in [2.45, 2.75) is 318 Å².